The minimum absolute atomic E-state index is 0.988. The van der Waals surface area contributed by atoms with Crippen molar-refractivity contribution < 1.29 is 0 Å². The Balaban J connectivity index is 4.09. The number of nitrogens with one attached hydrogen (secondary N) is 1. The summed E-state index contributed by atoms with van der Waals surface area (Å²) in [6, 6.07) is 0. The first-order chi connectivity index (χ1) is 4.70. The number of hydrogen-bond acceptors (Lipinski definition) is 2. The lowest BCUT2D eigenvalue weighted by atomic mass is 10.2. The quantitative estimate of drug-likeness (QED) is 0.356. The molecule has 3 N–H and O–H groups in total. The SMILES string of the molecule is CC/C=C(/C=C(C)C)NN. The molecule has 58 valence electrons. The first-order valence-corrected chi connectivity index (χ1v) is 3.52. The van der Waals surface area contributed by atoms with E-state index in [-0.39, 0.29) is 0 Å². The van der Waals surface area contributed by atoms with Gasteiger partial charge in [-0.1, -0.05) is 18.6 Å². The summed E-state index contributed by atoms with van der Waals surface area (Å²) in [5.74, 6) is 5.24. The van der Waals surface area contributed by atoms with E-state index in [0.717, 1.165) is 12.1 Å². The lowest BCUT2D eigenvalue weighted by molar-refractivity contribution is 0.900. The summed E-state index contributed by atoms with van der Waals surface area (Å²) in [4.78, 5) is 0. The van der Waals surface area contributed by atoms with Crippen molar-refractivity contribution in [1.82, 2.24) is 5.43 Å². The third kappa shape index (κ3) is 4.15. The lowest BCUT2D eigenvalue weighted by Crippen LogP contribution is -2.19. The molecule has 0 aromatic carbocycles. The number of rotatable bonds is 3. The van der Waals surface area contributed by atoms with Crippen LogP contribution in [-0.4, -0.2) is 0 Å². The Morgan fingerprint density at radius 1 is 1.50 bits per heavy atom. The smallest absolute Gasteiger partial charge is 0.0444 e. The van der Waals surface area contributed by atoms with Crippen molar-refractivity contribution in [3.63, 3.8) is 0 Å². The van der Waals surface area contributed by atoms with E-state index in [1.807, 2.05) is 26.0 Å². The molecule has 0 heterocycles. The van der Waals surface area contributed by atoms with Crippen LogP contribution in [0.2, 0.25) is 0 Å². The Kier molecular flexibility index (Phi) is 4.67. The molecule has 0 atom stereocenters. The molecule has 0 aliphatic carbocycles. The van der Waals surface area contributed by atoms with Crippen LogP contribution in [0.5, 0.6) is 0 Å². The minimum Gasteiger partial charge on any atom is -0.324 e. The van der Waals surface area contributed by atoms with Crippen molar-refractivity contribution in [3.05, 3.63) is 23.4 Å². The van der Waals surface area contributed by atoms with Crippen LogP contribution in [0.4, 0.5) is 0 Å². The van der Waals surface area contributed by atoms with Gasteiger partial charge >= 0.3 is 0 Å². The largest absolute Gasteiger partial charge is 0.324 e. The third-order valence-electron chi connectivity index (χ3n) is 1.03. The van der Waals surface area contributed by atoms with Crippen molar-refractivity contribution >= 4 is 0 Å². The Morgan fingerprint density at radius 3 is 2.40 bits per heavy atom. The summed E-state index contributed by atoms with van der Waals surface area (Å²) in [6.07, 6.45) is 5.07. The molecule has 10 heavy (non-hydrogen) atoms. The molecule has 2 heteroatoms. The predicted molar refractivity (Wildman–Crippen MR) is 45.1 cm³/mol. The highest BCUT2D eigenvalue weighted by Gasteiger charge is 1.85. The zero-order valence-electron chi connectivity index (χ0n) is 6.94. The second kappa shape index (κ2) is 5.06. The van der Waals surface area contributed by atoms with Crippen LogP contribution in [0, 0.1) is 0 Å². The summed E-state index contributed by atoms with van der Waals surface area (Å²) in [6.45, 7) is 6.16. The van der Waals surface area contributed by atoms with E-state index in [1.54, 1.807) is 0 Å². The molecule has 0 saturated heterocycles. The van der Waals surface area contributed by atoms with E-state index in [1.165, 1.54) is 5.57 Å². The van der Waals surface area contributed by atoms with Gasteiger partial charge < -0.3 is 5.43 Å². The fourth-order valence-electron chi connectivity index (χ4n) is 0.690. The summed E-state index contributed by atoms with van der Waals surface area (Å²) in [7, 11) is 0. The van der Waals surface area contributed by atoms with Gasteiger partial charge in [0.25, 0.3) is 0 Å². The van der Waals surface area contributed by atoms with Crippen molar-refractivity contribution in [1.29, 1.82) is 0 Å². The molecular weight excluding hydrogens is 124 g/mol. The van der Waals surface area contributed by atoms with Crippen molar-refractivity contribution in [2.75, 3.05) is 0 Å². The maximum absolute atomic E-state index is 5.24. The number of hydrazine groups is 1. The van der Waals surface area contributed by atoms with Crippen LogP contribution in [0.3, 0.4) is 0 Å². The number of nitrogens with two attached hydrogens (primary N) is 1. The van der Waals surface area contributed by atoms with Gasteiger partial charge in [0.05, 0.1) is 0 Å². The zero-order valence-corrected chi connectivity index (χ0v) is 6.94. The van der Waals surface area contributed by atoms with Gasteiger partial charge in [-0.25, -0.2) is 0 Å². The van der Waals surface area contributed by atoms with Crippen LogP contribution in [0.1, 0.15) is 27.2 Å². The normalized spacial score (nSPS) is 11.0. The van der Waals surface area contributed by atoms with Crippen LogP contribution < -0.4 is 11.3 Å². The molecule has 0 aromatic heterocycles. The zero-order chi connectivity index (χ0) is 7.98. The first kappa shape index (κ1) is 9.24. The van der Waals surface area contributed by atoms with Crippen molar-refractivity contribution in [3.8, 4) is 0 Å². The highest BCUT2D eigenvalue weighted by atomic mass is 15.2. The van der Waals surface area contributed by atoms with Gasteiger partial charge in [0.2, 0.25) is 0 Å². The van der Waals surface area contributed by atoms with Crippen molar-refractivity contribution in [2.45, 2.75) is 27.2 Å². The molecule has 0 aliphatic rings. The highest BCUT2D eigenvalue weighted by Crippen LogP contribution is 1.97. The molecule has 0 fully saturated rings. The fraction of sp³-hybridized carbons (Fsp3) is 0.500. The minimum atomic E-state index is 0.988. The van der Waals surface area contributed by atoms with E-state index >= 15 is 0 Å². The van der Waals surface area contributed by atoms with E-state index < -0.39 is 0 Å². The third-order valence-corrected chi connectivity index (χ3v) is 1.03. The van der Waals surface area contributed by atoms with E-state index in [4.69, 9.17) is 5.84 Å². The molecule has 0 rings (SSSR count). The standard InChI is InChI=1S/C8H16N2/c1-4-5-8(10-9)6-7(2)3/h5-6,10H,4,9H2,1-3H3/b8-5-. The lowest BCUT2D eigenvalue weighted by Gasteiger charge is -1.99. The summed E-state index contributed by atoms with van der Waals surface area (Å²) >= 11 is 0. The maximum Gasteiger partial charge on any atom is 0.0444 e. The Bertz CT molecular complexity index is 141. The van der Waals surface area contributed by atoms with Crippen LogP contribution in [0.15, 0.2) is 23.4 Å². The molecule has 0 bridgehead atoms. The number of allylic oxidation sites excluding steroid dienone is 3. The maximum atomic E-state index is 5.24. The number of hydrogen-bond donors (Lipinski definition) is 2. The Morgan fingerprint density at radius 2 is 2.10 bits per heavy atom. The highest BCUT2D eigenvalue weighted by molar-refractivity contribution is 5.19. The Hall–Kier alpha value is -0.760. The summed E-state index contributed by atoms with van der Waals surface area (Å²) in [5, 5.41) is 0. The Labute approximate surface area is 62.8 Å². The van der Waals surface area contributed by atoms with Gasteiger partial charge in [0, 0.05) is 5.70 Å². The molecule has 0 radical (unpaired) electrons. The van der Waals surface area contributed by atoms with Gasteiger partial charge in [-0.2, -0.15) is 0 Å². The van der Waals surface area contributed by atoms with E-state index in [2.05, 4.69) is 12.3 Å². The molecule has 0 saturated carbocycles. The second-order valence-corrected chi connectivity index (χ2v) is 2.43. The van der Waals surface area contributed by atoms with Crippen molar-refractivity contribution in [2.24, 2.45) is 5.84 Å². The first-order valence-electron chi connectivity index (χ1n) is 3.52. The molecule has 0 spiro atoms. The van der Waals surface area contributed by atoms with Crippen LogP contribution in [-0.2, 0) is 0 Å². The molecule has 0 aliphatic heterocycles. The van der Waals surface area contributed by atoms with Crippen LogP contribution in [0.25, 0.3) is 0 Å². The molecule has 0 aromatic rings. The molecular formula is C8H16N2. The van der Waals surface area contributed by atoms with E-state index in [0.29, 0.717) is 0 Å². The topological polar surface area (TPSA) is 38.0 Å². The summed E-state index contributed by atoms with van der Waals surface area (Å²) < 4.78 is 0. The fourth-order valence-corrected chi connectivity index (χ4v) is 0.690. The van der Waals surface area contributed by atoms with Gasteiger partial charge in [0.15, 0.2) is 0 Å². The monoisotopic (exact) mass is 140 g/mol. The summed E-state index contributed by atoms with van der Waals surface area (Å²) in [5.41, 5.74) is 4.86. The van der Waals surface area contributed by atoms with Gasteiger partial charge in [0.1, 0.15) is 0 Å². The molecule has 0 unspecified atom stereocenters. The average molecular weight is 140 g/mol. The molecule has 2 nitrogen and oxygen atoms in total. The van der Waals surface area contributed by atoms with Gasteiger partial charge in [-0.15, -0.1) is 0 Å². The predicted octanol–water partition coefficient (Wildman–Crippen LogP) is 1.71. The second-order valence-electron chi connectivity index (χ2n) is 2.43. The van der Waals surface area contributed by atoms with Gasteiger partial charge in [-0.05, 0) is 26.3 Å². The van der Waals surface area contributed by atoms with Crippen LogP contribution >= 0.6 is 0 Å². The van der Waals surface area contributed by atoms with E-state index in [9.17, 15) is 0 Å². The average Bonchev–Trinajstić information content (AvgIpc) is 1.86. The van der Waals surface area contributed by atoms with Gasteiger partial charge in [-0.3, -0.25) is 5.84 Å². The molecule has 0 amide bonds.